The maximum Gasteiger partial charge on any atom is 0.492 e. The molecular formula is C18H23F3N2O3. The molecule has 1 aromatic rings. The number of benzene rings is 1. The van der Waals surface area contributed by atoms with Crippen LogP contribution in [0, 0.1) is 0 Å². The minimum absolute atomic E-state index is 0.0566. The van der Waals surface area contributed by atoms with Crippen LogP contribution in [0.4, 0.5) is 18.0 Å². The average molecular weight is 372 g/mol. The highest BCUT2D eigenvalue weighted by Crippen LogP contribution is 2.45. The molecule has 1 aliphatic carbocycles. The molecule has 0 radical (unpaired) electrons. The van der Waals surface area contributed by atoms with Gasteiger partial charge >= 0.3 is 18.1 Å². The summed E-state index contributed by atoms with van der Waals surface area (Å²) in [6.45, 7) is 3.58. The van der Waals surface area contributed by atoms with E-state index in [2.05, 4.69) is 0 Å². The second-order valence-corrected chi connectivity index (χ2v) is 6.99. The van der Waals surface area contributed by atoms with Crippen LogP contribution in [0.2, 0.25) is 0 Å². The van der Waals surface area contributed by atoms with Crippen LogP contribution >= 0.6 is 0 Å². The fourth-order valence-corrected chi connectivity index (χ4v) is 3.57. The fraction of sp³-hybridized carbons (Fsp3) is 0.611. The standard InChI is InChI=1S/C18H23F3N2O3/c1-12(2)23(13-8-4-3-5-9-13)16(24)22-18(17(19,20)21)25-14-10-6-7-11-15(14)26-18/h6-7,10-13H,3-5,8-9H2,1-2H3,(H,22,24). The Morgan fingerprint density at radius 3 is 2.15 bits per heavy atom. The zero-order valence-corrected chi connectivity index (χ0v) is 14.8. The summed E-state index contributed by atoms with van der Waals surface area (Å²) in [6, 6.07) is 4.66. The van der Waals surface area contributed by atoms with Crippen molar-refractivity contribution in [1.29, 1.82) is 0 Å². The number of carbonyl (C=O) groups excluding carboxylic acids is 1. The molecule has 1 fully saturated rings. The van der Waals surface area contributed by atoms with E-state index in [1.807, 2.05) is 5.32 Å². The first-order valence-electron chi connectivity index (χ1n) is 8.88. The normalized spacial score (nSPS) is 19.5. The van der Waals surface area contributed by atoms with Crippen molar-refractivity contribution >= 4 is 6.03 Å². The summed E-state index contributed by atoms with van der Waals surface area (Å²) in [7, 11) is 0. The number of ether oxygens (including phenoxy) is 2. The van der Waals surface area contributed by atoms with Gasteiger partial charge in [-0.1, -0.05) is 31.4 Å². The number of rotatable bonds is 3. The Kier molecular flexibility index (Phi) is 4.94. The highest BCUT2D eigenvalue weighted by atomic mass is 19.4. The van der Waals surface area contributed by atoms with E-state index < -0.39 is 18.1 Å². The van der Waals surface area contributed by atoms with Crippen molar-refractivity contribution in [3.8, 4) is 11.5 Å². The molecule has 26 heavy (non-hydrogen) atoms. The molecule has 0 saturated heterocycles. The molecule has 1 aliphatic heterocycles. The van der Waals surface area contributed by atoms with Gasteiger partial charge in [0.1, 0.15) is 0 Å². The van der Waals surface area contributed by atoms with Gasteiger partial charge in [-0.15, -0.1) is 0 Å². The Balaban J connectivity index is 1.84. The average Bonchev–Trinajstić information content (AvgIpc) is 2.94. The summed E-state index contributed by atoms with van der Waals surface area (Å²) >= 11 is 0. The van der Waals surface area contributed by atoms with Crippen molar-refractivity contribution in [1.82, 2.24) is 10.2 Å². The molecule has 1 N–H and O–H groups in total. The molecule has 5 nitrogen and oxygen atoms in total. The first-order chi connectivity index (χ1) is 12.2. The highest BCUT2D eigenvalue weighted by Gasteiger charge is 2.66. The lowest BCUT2D eigenvalue weighted by Crippen LogP contribution is -2.68. The number of hydrogen-bond donors (Lipinski definition) is 1. The molecule has 2 aliphatic rings. The molecule has 0 unspecified atom stereocenters. The maximum absolute atomic E-state index is 13.8. The van der Waals surface area contributed by atoms with Crippen LogP contribution in [0.25, 0.3) is 0 Å². The number of fused-ring (bicyclic) bond motifs is 1. The number of nitrogens with zero attached hydrogens (tertiary/aromatic N) is 1. The molecule has 0 spiro atoms. The number of hydrogen-bond acceptors (Lipinski definition) is 3. The second-order valence-electron chi connectivity index (χ2n) is 6.99. The van der Waals surface area contributed by atoms with Gasteiger partial charge in [0.15, 0.2) is 11.5 Å². The summed E-state index contributed by atoms with van der Waals surface area (Å²) in [5.74, 6) is -3.33. The molecule has 2 amide bonds. The van der Waals surface area contributed by atoms with Gasteiger partial charge in [-0.2, -0.15) is 13.2 Å². The minimum atomic E-state index is -4.95. The molecule has 8 heteroatoms. The van der Waals surface area contributed by atoms with E-state index >= 15 is 0 Å². The Bertz CT molecular complexity index is 632. The topological polar surface area (TPSA) is 50.8 Å². The van der Waals surface area contributed by atoms with E-state index in [4.69, 9.17) is 9.47 Å². The third kappa shape index (κ3) is 3.41. The van der Waals surface area contributed by atoms with Crippen LogP contribution in [-0.2, 0) is 0 Å². The van der Waals surface area contributed by atoms with E-state index in [-0.39, 0.29) is 23.6 Å². The van der Waals surface area contributed by atoms with Gasteiger partial charge in [0.25, 0.3) is 0 Å². The van der Waals surface area contributed by atoms with Gasteiger partial charge in [-0.05, 0) is 38.8 Å². The SMILES string of the molecule is CC(C)N(C(=O)NC1(C(F)(F)F)Oc2ccccc2O1)C1CCCCC1. The number of urea groups is 1. The van der Waals surface area contributed by atoms with Gasteiger partial charge in [0.05, 0.1) is 0 Å². The van der Waals surface area contributed by atoms with Crippen molar-refractivity contribution in [3.05, 3.63) is 24.3 Å². The lowest BCUT2D eigenvalue weighted by Gasteiger charge is -2.39. The number of nitrogens with one attached hydrogen (secondary N) is 1. The Morgan fingerprint density at radius 2 is 1.69 bits per heavy atom. The van der Waals surface area contributed by atoms with Crippen LogP contribution in [0.5, 0.6) is 11.5 Å². The second kappa shape index (κ2) is 6.89. The third-order valence-corrected chi connectivity index (χ3v) is 4.76. The van der Waals surface area contributed by atoms with Crippen LogP contribution in [0.15, 0.2) is 24.3 Å². The molecular weight excluding hydrogens is 349 g/mol. The largest absolute Gasteiger partial charge is 0.492 e. The molecule has 0 bridgehead atoms. The molecule has 1 aromatic carbocycles. The van der Waals surface area contributed by atoms with Crippen molar-refractivity contribution in [2.24, 2.45) is 0 Å². The third-order valence-electron chi connectivity index (χ3n) is 4.76. The zero-order chi connectivity index (χ0) is 18.9. The Morgan fingerprint density at radius 1 is 1.15 bits per heavy atom. The predicted molar refractivity (Wildman–Crippen MR) is 88.9 cm³/mol. The molecule has 3 rings (SSSR count). The van der Waals surface area contributed by atoms with Gasteiger partial charge in [-0.25, -0.2) is 4.79 Å². The Hall–Kier alpha value is -2.12. The van der Waals surface area contributed by atoms with Crippen molar-refractivity contribution in [2.45, 2.75) is 70.1 Å². The van der Waals surface area contributed by atoms with Crippen LogP contribution in [0.3, 0.4) is 0 Å². The number of carbonyl (C=O) groups is 1. The number of halogens is 3. The molecule has 0 aromatic heterocycles. The van der Waals surface area contributed by atoms with Gasteiger partial charge < -0.3 is 14.4 Å². The summed E-state index contributed by atoms with van der Waals surface area (Å²) in [6.07, 6.45) is -0.373. The first kappa shape index (κ1) is 18.7. The monoisotopic (exact) mass is 372 g/mol. The minimum Gasteiger partial charge on any atom is -0.424 e. The number of para-hydroxylation sites is 2. The quantitative estimate of drug-likeness (QED) is 0.854. The smallest absolute Gasteiger partial charge is 0.424 e. The summed E-state index contributed by atoms with van der Waals surface area (Å²) < 4.78 is 51.4. The first-order valence-corrected chi connectivity index (χ1v) is 8.88. The van der Waals surface area contributed by atoms with E-state index in [1.54, 1.807) is 26.0 Å². The molecule has 0 atom stereocenters. The summed E-state index contributed by atoms with van der Waals surface area (Å²) in [5, 5.41) is 1.98. The van der Waals surface area contributed by atoms with Crippen LogP contribution < -0.4 is 14.8 Å². The van der Waals surface area contributed by atoms with E-state index in [0.29, 0.717) is 0 Å². The number of alkyl halides is 3. The van der Waals surface area contributed by atoms with E-state index in [0.717, 1.165) is 32.1 Å². The van der Waals surface area contributed by atoms with Crippen molar-refractivity contribution in [2.75, 3.05) is 0 Å². The van der Waals surface area contributed by atoms with E-state index in [9.17, 15) is 18.0 Å². The summed E-state index contributed by atoms with van der Waals surface area (Å²) in [4.78, 5) is 14.3. The molecule has 1 saturated carbocycles. The lowest BCUT2D eigenvalue weighted by atomic mass is 9.93. The van der Waals surface area contributed by atoms with Gasteiger partial charge in [-0.3, -0.25) is 5.32 Å². The van der Waals surface area contributed by atoms with Crippen LogP contribution in [-0.4, -0.2) is 35.1 Å². The lowest BCUT2D eigenvalue weighted by molar-refractivity contribution is -0.318. The molecule has 1 heterocycles. The van der Waals surface area contributed by atoms with Crippen molar-refractivity contribution < 1.29 is 27.4 Å². The van der Waals surface area contributed by atoms with E-state index in [1.165, 1.54) is 17.0 Å². The van der Waals surface area contributed by atoms with Gasteiger partial charge in [0.2, 0.25) is 0 Å². The Labute approximate surface area is 150 Å². The predicted octanol–water partition coefficient (Wildman–Crippen LogP) is 4.43. The van der Waals surface area contributed by atoms with Gasteiger partial charge in [0, 0.05) is 12.1 Å². The number of amides is 2. The maximum atomic E-state index is 13.8. The molecule has 144 valence electrons. The zero-order valence-electron chi connectivity index (χ0n) is 14.8. The van der Waals surface area contributed by atoms with Crippen molar-refractivity contribution in [3.63, 3.8) is 0 Å². The fourth-order valence-electron chi connectivity index (χ4n) is 3.57. The summed E-state index contributed by atoms with van der Waals surface area (Å²) in [5.41, 5.74) is 0. The highest BCUT2D eigenvalue weighted by molar-refractivity contribution is 5.76. The van der Waals surface area contributed by atoms with Crippen LogP contribution in [0.1, 0.15) is 46.0 Å².